The van der Waals surface area contributed by atoms with Crippen LogP contribution in [0.15, 0.2) is 0 Å². The zero-order chi connectivity index (χ0) is 22.7. The molecule has 0 aliphatic carbocycles. The van der Waals surface area contributed by atoms with Crippen molar-refractivity contribution in [3.63, 3.8) is 0 Å². The Morgan fingerprint density at radius 3 is 1.33 bits per heavy atom. The van der Waals surface area contributed by atoms with E-state index in [9.17, 15) is 19.8 Å². The largest absolute Gasteiger partial charge is 0.481 e. The Labute approximate surface area is 186 Å². The molecule has 2 N–H and O–H groups in total. The first kappa shape index (κ1) is 28.9. The highest BCUT2D eigenvalue weighted by atomic mass is 16.4. The summed E-state index contributed by atoms with van der Waals surface area (Å²) in [6.07, 6.45) is 18.6. The van der Waals surface area contributed by atoms with Gasteiger partial charge in [-0.2, -0.15) is 0 Å². The second kappa shape index (κ2) is 18.7. The van der Waals surface area contributed by atoms with E-state index in [1.165, 1.54) is 38.5 Å². The maximum Gasteiger partial charge on any atom is 0.310 e. The molecule has 1 unspecified atom stereocenters. The Morgan fingerprint density at radius 1 is 0.600 bits per heavy atom. The number of unbranched alkanes of at least 4 members (excludes halogenated alkanes) is 13. The number of rotatable bonds is 22. The zero-order valence-corrected chi connectivity index (χ0v) is 20.2. The Morgan fingerprint density at radius 2 is 0.967 bits per heavy atom. The second-order valence-corrected chi connectivity index (χ2v) is 9.24. The van der Waals surface area contributed by atoms with Crippen molar-refractivity contribution in [3.8, 4) is 0 Å². The molecule has 0 amide bonds. The lowest BCUT2D eigenvalue weighted by molar-refractivity contribution is -0.165. The lowest BCUT2D eigenvalue weighted by Crippen LogP contribution is -2.43. The minimum Gasteiger partial charge on any atom is -0.481 e. The summed E-state index contributed by atoms with van der Waals surface area (Å²) in [5.74, 6) is -2.56. The number of carboxylic acids is 2. The Bertz CT molecular complexity index is 417. The van der Waals surface area contributed by atoms with E-state index in [0.717, 1.165) is 64.2 Å². The third kappa shape index (κ3) is 12.0. The zero-order valence-electron chi connectivity index (χ0n) is 20.2. The lowest BCUT2D eigenvalue weighted by atomic mass is 9.66. The maximum atomic E-state index is 12.5. The number of carbonyl (C=O) groups is 2. The van der Waals surface area contributed by atoms with Crippen LogP contribution in [0.3, 0.4) is 0 Å². The van der Waals surface area contributed by atoms with Crippen molar-refractivity contribution in [2.75, 3.05) is 0 Å². The van der Waals surface area contributed by atoms with Crippen LogP contribution in [0.4, 0.5) is 0 Å². The summed E-state index contributed by atoms with van der Waals surface area (Å²) < 4.78 is 0. The van der Waals surface area contributed by atoms with Gasteiger partial charge in [0.15, 0.2) is 0 Å². The van der Waals surface area contributed by atoms with E-state index in [2.05, 4.69) is 20.8 Å². The molecule has 0 aromatic rings. The highest BCUT2D eigenvalue weighted by molar-refractivity contribution is 5.83. The normalized spacial score (nSPS) is 12.8. The van der Waals surface area contributed by atoms with Gasteiger partial charge in [-0.3, -0.25) is 9.59 Å². The van der Waals surface area contributed by atoms with Crippen molar-refractivity contribution < 1.29 is 19.8 Å². The quantitative estimate of drug-likeness (QED) is 0.171. The van der Waals surface area contributed by atoms with Crippen molar-refractivity contribution in [2.45, 2.75) is 143 Å². The number of carboxylic acid groups (broad SMARTS) is 2. The molecule has 4 nitrogen and oxygen atoms in total. The molecule has 0 aliphatic rings. The predicted molar refractivity (Wildman–Crippen MR) is 126 cm³/mol. The van der Waals surface area contributed by atoms with Gasteiger partial charge in [0, 0.05) is 0 Å². The first-order valence-electron chi connectivity index (χ1n) is 12.9. The molecule has 1 atom stereocenters. The van der Waals surface area contributed by atoms with Crippen molar-refractivity contribution in [1.29, 1.82) is 0 Å². The van der Waals surface area contributed by atoms with Crippen LogP contribution in [-0.4, -0.2) is 22.2 Å². The van der Waals surface area contributed by atoms with Gasteiger partial charge >= 0.3 is 11.9 Å². The van der Waals surface area contributed by atoms with Gasteiger partial charge in [-0.15, -0.1) is 0 Å². The van der Waals surface area contributed by atoms with Crippen molar-refractivity contribution in [2.24, 2.45) is 11.3 Å². The second-order valence-electron chi connectivity index (χ2n) is 9.24. The minimum atomic E-state index is -1.10. The molecule has 0 saturated carbocycles. The summed E-state index contributed by atoms with van der Waals surface area (Å²) in [6.45, 7) is 6.51. The van der Waals surface area contributed by atoms with E-state index in [-0.39, 0.29) is 0 Å². The van der Waals surface area contributed by atoms with Gasteiger partial charge in [0.2, 0.25) is 0 Å². The molecule has 0 rings (SSSR count). The van der Waals surface area contributed by atoms with E-state index in [1.807, 2.05) is 0 Å². The smallest absolute Gasteiger partial charge is 0.310 e. The summed E-state index contributed by atoms with van der Waals surface area (Å²) in [7, 11) is 0. The third-order valence-electron chi connectivity index (χ3n) is 6.69. The van der Waals surface area contributed by atoms with Gasteiger partial charge in [0.05, 0.1) is 11.3 Å². The standard InChI is InChI=1S/C26H50O4/c1-4-7-10-13-15-18-21-26(25(29)30,22-19-16-14-11-8-5-2)23(24(27)28)20-17-12-9-6-3/h23H,4-22H2,1-3H3,(H,27,28)(H,29,30). The molecule has 0 radical (unpaired) electrons. The molecular formula is C26H50O4. The molecule has 0 heterocycles. The average molecular weight is 427 g/mol. The first-order chi connectivity index (χ1) is 14.5. The molecule has 0 aromatic heterocycles. The summed E-state index contributed by atoms with van der Waals surface area (Å²) in [5, 5.41) is 20.3. The Hall–Kier alpha value is -1.06. The third-order valence-corrected chi connectivity index (χ3v) is 6.69. The van der Waals surface area contributed by atoms with Gasteiger partial charge in [0.1, 0.15) is 0 Å². The first-order valence-corrected chi connectivity index (χ1v) is 12.9. The van der Waals surface area contributed by atoms with Crippen LogP contribution in [0.1, 0.15) is 143 Å². The highest BCUT2D eigenvalue weighted by Crippen LogP contribution is 2.42. The van der Waals surface area contributed by atoms with Gasteiger partial charge in [0.25, 0.3) is 0 Å². The summed E-state index contributed by atoms with van der Waals surface area (Å²) in [5.41, 5.74) is -1.10. The summed E-state index contributed by atoms with van der Waals surface area (Å²) in [4.78, 5) is 24.7. The van der Waals surface area contributed by atoms with Crippen LogP contribution in [-0.2, 0) is 9.59 Å². The number of hydrogen-bond donors (Lipinski definition) is 2. The van der Waals surface area contributed by atoms with Crippen LogP contribution in [0.2, 0.25) is 0 Å². The maximum absolute atomic E-state index is 12.5. The van der Waals surface area contributed by atoms with E-state index < -0.39 is 23.3 Å². The van der Waals surface area contributed by atoms with Crippen molar-refractivity contribution in [3.05, 3.63) is 0 Å². The van der Waals surface area contributed by atoms with Crippen LogP contribution in [0.25, 0.3) is 0 Å². The van der Waals surface area contributed by atoms with Gasteiger partial charge < -0.3 is 10.2 Å². The topological polar surface area (TPSA) is 74.6 Å². The molecule has 0 aromatic carbocycles. The van der Waals surface area contributed by atoms with Crippen LogP contribution in [0, 0.1) is 11.3 Å². The SMILES string of the molecule is CCCCCCCCC(CCCCCCCC)(C(=O)O)C(CCCCCC)C(=O)O. The molecule has 178 valence electrons. The van der Waals surface area contributed by atoms with Crippen molar-refractivity contribution >= 4 is 11.9 Å². The molecule has 30 heavy (non-hydrogen) atoms. The number of aliphatic carboxylic acids is 2. The number of hydrogen-bond acceptors (Lipinski definition) is 2. The molecule has 0 spiro atoms. The van der Waals surface area contributed by atoms with E-state index in [0.29, 0.717) is 19.3 Å². The lowest BCUT2D eigenvalue weighted by Gasteiger charge is -2.35. The van der Waals surface area contributed by atoms with Gasteiger partial charge in [-0.1, -0.05) is 124 Å². The van der Waals surface area contributed by atoms with E-state index in [4.69, 9.17) is 0 Å². The summed E-state index contributed by atoms with van der Waals surface area (Å²) >= 11 is 0. The summed E-state index contributed by atoms with van der Waals surface area (Å²) in [6, 6.07) is 0. The fraction of sp³-hybridized carbons (Fsp3) is 0.923. The fourth-order valence-corrected chi connectivity index (χ4v) is 4.69. The molecular weight excluding hydrogens is 376 g/mol. The van der Waals surface area contributed by atoms with Crippen LogP contribution in [0.5, 0.6) is 0 Å². The molecule has 0 aliphatic heterocycles. The Balaban J connectivity index is 5.14. The monoisotopic (exact) mass is 426 g/mol. The van der Waals surface area contributed by atoms with Crippen LogP contribution < -0.4 is 0 Å². The van der Waals surface area contributed by atoms with E-state index >= 15 is 0 Å². The van der Waals surface area contributed by atoms with Crippen LogP contribution >= 0.6 is 0 Å². The Kier molecular flexibility index (Phi) is 18.0. The van der Waals surface area contributed by atoms with Gasteiger partial charge in [-0.05, 0) is 19.3 Å². The fourth-order valence-electron chi connectivity index (χ4n) is 4.69. The average Bonchev–Trinajstić information content (AvgIpc) is 2.71. The molecule has 0 bridgehead atoms. The molecule has 4 heteroatoms. The minimum absolute atomic E-state index is 0.493. The molecule has 0 fully saturated rings. The molecule has 0 saturated heterocycles. The van der Waals surface area contributed by atoms with E-state index in [1.54, 1.807) is 0 Å². The van der Waals surface area contributed by atoms with Gasteiger partial charge in [-0.25, -0.2) is 0 Å². The van der Waals surface area contributed by atoms with Crippen molar-refractivity contribution in [1.82, 2.24) is 0 Å². The predicted octanol–water partition coefficient (Wildman–Crippen LogP) is 8.23. The highest BCUT2D eigenvalue weighted by Gasteiger charge is 2.48.